The van der Waals surface area contributed by atoms with Crippen molar-refractivity contribution in [2.45, 2.75) is 0 Å². The van der Waals surface area contributed by atoms with Gasteiger partial charge in [-0.2, -0.15) is 4.99 Å². The van der Waals surface area contributed by atoms with Gasteiger partial charge in [0, 0.05) is 8.95 Å². The van der Waals surface area contributed by atoms with E-state index in [1.54, 1.807) is 0 Å². The van der Waals surface area contributed by atoms with Crippen molar-refractivity contribution >= 4 is 67.0 Å². The maximum atomic E-state index is 11.2. The third kappa shape index (κ3) is 3.82. The second-order valence-electron chi connectivity index (χ2n) is 3.19. The normalized spacial score (nSPS) is 11.2. The first-order valence-corrected chi connectivity index (χ1v) is 6.55. The van der Waals surface area contributed by atoms with Crippen LogP contribution in [0.1, 0.15) is 10.4 Å². The number of nitrogens with zero attached hydrogens (tertiary/aromatic N) is 2. The molecule has 0 bridgehead atoms. The smallest absolute Gasteiger partial charge is 0.339 e. The summed E-state index contributed by atoms with van der Waals surface area (Å²) in [5.41, 5.74) is 15.5. The Morgan fingerprint density at radius 1 is 1.26 bits per heavy atom. The van der Waals surface area contributed by atoms with E-state index in [0.29, 0.717) is 8.95 Å². The quantitative estimate of drug-likeness (QED) is 0.332. The minimum absolute atomic E-state index is 0.00745. The Kier molecular flexibility index (Phi) is 5.15. The molecule has 0 saturated carbocycles. The average molecular weight is 413 g/mol. The predicted molar refractivity (Wildman–Crippen MR) is 80.9 cm³/mol. The van der Waals surface area contributed by atoms with Crippen LogP contribution >= 0.6 is 43.5 Å². The van der Waals surface area contributed by atoms with E-state index in [9.17, 15) is 4.79 Å². The van der Waals surface area contributed by atoms with Gasteiger partial charge in [0.05, 0.1) is 10.7 Å². The van der Waals surface area contributed by atoms with Crippen LogP contribution in [0.3, 0.4) is 0 Å². The van der Waals surface area contributed by atoms with Gasteiger partial charge in [-0.25, -0.2) is 9.79 Å². The maximum absolute atomic E-state index is 11.2. The Hall–Kier alpha value is -1.32. The number of hydrogen-bond donors (Lipinski definition) is 4. The fourth-order valence-electron chi connectivity index (χ4n) is 1.16. The molecule has 7 nitrogen and oxygen atoms in total. The van der Waals surface area contributed by atoms with E-state index in [-0.39, 0.29) is 28.2 Å². The maximum Gasteiger partial charge on any atom is 0.339 e. The molecule has 1 aromatic carbocycles. The van der Waals surface area contributed by atoms with Gasteiger partial charge in [0.2, 0.25) is 5.96 Å². The van der Waals surface area contributed by atoms with Crippen LogP contribution in [-0.4, -0.2) is 23.0 Å². The molecule has 0 atom stereocenters. The van der Waals surface area contributed by atoms with Gasteiger partial charge < -0.3 is 22.3 Å². The molecule has 1 aromatic rings. The topological polar surface area (TPSA) is 140 Å². The summed E-state index contributed by atoms with van der Waals surface area (Å²) in [4.78, 5) is 18.6. The second kappa shape index (κ2) is 6.22. The van der Waals surface area contributed by atoms with Crippen LogP contribution in [0.2, 0.25) is 5.02 Å². The third-order valence-corrected chi connectivity index (χ3v) is 3.68. The van der Waals surface area contributed by atoms with Crippen LogP contribution < -0.4 is 17.2 Å². The molecule has 7 N–H and O–H groups in total. The van der Waals surface area contributed by atoms with Gasteiger partial charge in [-0.1, -0.05) is 11.6 Å². The number of guanidine groups is 2. The first-order valence-electron chi connectivity index (χ1n) is 4.58. The highest BCUT2D eigenvalue weighted by Gasteiger charge is 2.20. The van der Waals surface area contributed by atoms with Gasteiger partial charge in [0.15, 0.2) is 5.96 Å². The van der Waals surface area contributed by atoms with Crippen molar-refractivity contribution in [1.29, 1.82) is 0 Å². The van der Waals surface area contributed by atoms with Gasteiger partial charge >= 0.3 is 5.97 Å². The zero-order valence-corrected chi connectivity index (χ0v) is 13.1. The Balaban J connectivity index is 3.55. The fraction of sp³-hybridized carbons (Fsp3) is 0. The van der Waals surface area contributed by atoms with Crippen LogP contribution in [-0.2, 0) is 0 Å². The van der Waals surface area contributed by atoms with Crippen LogP contribution in [0.5, 0.6) is 0 Å². The fourth-order valence-corrected chi connectivity index (χ4v) is 2.64. The molecule has 19 heavy (non-hydrogen) atoms. The van der Waals surface area contributed by atoms with Crippen molar-refractivity contribution in [2.75, 3.05) is 0 Å². The number of aromatic carboxylic acids is 1. The molecule has 0 unspecified atom stereocenters. The summed E-state index contributed by atoms with van der Waals surface area (Å²) < 4.78 is 0.771. The number of nitrogens with two attached hydrogens (primary N) is 3. The summed E-state index contributed by atoms with van der Waals surface area (Å²) in [7, 11) is 0. The van der Waals surface area contributed by atoms with E-state index in [2.05, 4.69) is 41.8 Å². The van der Waals surface area contributed by atoms with Crippen molar-refractivity contribution in [2.24, 2.45) is 27.2 Å². The lowest BCUT2D eigenvalue weighted by Gasteiger charge is -2.08. The number of halogens is 3. The lowest BCUT2D eigenvalue weighted by atomic mass is 10.2. The van der Waals surface area contributed by atoms with Crippen molar-refractivity contribution < 1.29 is 9.90 Å². The molecule has 0 fully saturated rings. The van der Waals surface area contributed by atoms with Crippen LogP contribution in [0.25, 0.3) is 0 Å². The first-order chi connectivity index (χ1) is 8.73. The average Bonchev–Trinajstić information content (AvgIpc) is 2.24. The van der Waals surface area contributed by atoms with Crippen LogP contribution in [0.15, 0.2) is 25.0 Å². The number of carbonyl (C=O) groups is 1. The Bertz CT molecular complexity index is 599. The lowest BCUT2D eigenvalue weighted by molar-refractivity contribution is 0.0698. The Morgan fingerprint density at radius 2 is 1.84 bits per heavy atom. The molecule has 0 aliphatic carbocycles. The molecule has 1 rings (SSSR count). The molecule has 0 saturated heterocycles. The van der Waals surface area contributed by atoms with Crippen molar-refractivity contribution in [3.8, 4) is 0 Å². The van der Waals surface area contributed by atoms with Crippen LogP contribution in [0, 0.1) is 0 Å². The highest BCUT2D eigenvalue weighted by molar-refractivity contribution is 9.11. The van der Waals surface area contributed by atoms with E-state index in [1.165, 1.54) is 6.07 Å². The highest BCUT2D eigenvalue weighted by atomic mass is 79.9. The molecule has 0 aliphatic rings. The Morgan fingerprint density at radius 3 is 2.32 bits per heavy atom. The molecule has 0 amide bonds. The number of hydrogen-bond acceptors (Lipinski definition) is 2. The van der Waals surface area contributed by atoms with Crippen molar-refractivity contribution in [3.05, 3.63) is 25.6 Å². The molecule has 10 heteroatoms. The predicted octanol–water partition coefficient (Wildman–Crippen LogP) is 1.78. The monoisotopic (exact) mass is 411 g/mol. The molecular weight excluding hydrogens is 405 g/mol. The summed E-state index contributed by atoms with van der Waals surface area (Å²) >= 11 is 12.2. The van der Waals surface area contributed by atoms with Gasteiger partial charge in [0.1, 0.15) is 5.56 Å². The van der Waals surface area contributed by atoms with Crippen molar-refractivity contribution in [3.63, 3.8) is 0 Å². The Labute approximate surface area is 129 Å². The van der Waals surface area contributed by atoms with Gasteiger partial charge in [0.25, 0.3) is 0 Å². The molecule has 0 radical (unpaired) electrons. The van der Waals surface area contributed by atoms with Gasteiger partial charge in [-0.15, -0.1) is 0 Å². The second-order valence-corrected chi connectivity index (χ2v) is 5.28. The molecule has 0 spiro atoms. The summed E-state index contributed by atoms with van der Waals surface area (Å²) in [5, 5.41) is 9.16. The molecule has 0 aliphatic heterocycles. The number of carboxylic acids is 1. The first kappa shape index (κ1) is 15.7. The van der Waals surface area contributed by atoms with Gasteiger partial charge in [-0.3, -0.25) is 0 Å². The van der Waals surface area contributed by atoms with Crippen LogP contribution in [0.4, 0.5) is 5.69 Å². The summed E-state index contributed by atoms with van der Waals surface area (Å²) in [5.74, 6) is -1.85. The highest BCUT2D eigenvalue weighted by Crippen LogP contribution is 2.39. The number of carboxylic acid groups (broad SMARTS) is 1. The van der Waals surface area contributed by atoms with Gasteiger partial charge in [-0.05, 0) is 37.9 Å². The molecule has 0 aromatic heterocycles. The minimum atomic E-state index is -1.26. The SMILES string of the molecule is NC(N)=NC(N)=Nc1c(Br)cc(Br)c(Cl)c1C(=O)O. The molecule has 0 heterocycles. The van der Waals surface area contributed by atoms with E-state index in [0.717, 1.165) is 0 Å². The number of aliphatic imine (C=N–C) groups is 2. The summed E-state index contributed by atoms with van der Waals surface area (Å²) in [6.45, 7) is 0. The lowest BCUT2D eigenvalue weighted by Crippen LogP contribution is -2.26. The van der Waals surface area contributed by atoms with Crippen molar-refractivity contribution in [1.82, 2.24) is 0 Å². The van der Waals surface area contributed by atoms with E-state index in [4.69, 9.17) is 33.9 Å². The standard InChI is InChI=1S/C9H8Br2ClN5O2/c10-2-1-3(11)6(4(5(2)12)7(18)19)16-9(15)17-8(13)14/h1H,(H,18,19)(H6,13,14,15,16,17). The molecular formula is C9H8Br2ClN5O2. The molecule has 102 valence electrons. The minimum Gasteiger partial charge on any atom is -0.478 e. The number of benzene rings is 1. The third-order valence-electron chi connectivity index (χ3n) is 1.83. The zero-order valence-electron chi connectivity index (χ0n) is 9.19. The largest absolute Gasteiger partial charge is 0.478 e. The summed E-state index contributed by atoms with van der Waals surface area (Å²) in [6.07, 6.45) is 0. The number of rotatable bonds is 2. The summed E-state index contributed by atoms with van der Waals surface area (Å²) in [6, 6.07) is 1.54. The van der Waals surface area contributed by atoms with E-state index in [1.807, 2.05) is 0 Å². The zero-order chi connectivity index (χ0) is 14.7. The van der Waals surface area contributed by atoms with E-state index >= 15 is 0 Å². The van der Waals surface area contributed by atoms with E-state index < -0.39 is 5.97 Å².